The summed E-state index contributed by atoms with van der Waals surface area (Å²) >= 11 is 0. The van der Waals surface area contributed by atoms with E-state index >= 15 is 0 Å². The first kappa shape index (κ1) is 8.03. The minimum Gasteiger partial charge on any atom is -0.370 e. The maximum atomic E-state index is 5.61. The van der Waals surface area contributed by atoms with Gasteiger partial charge in [-0.05, 0) is 12.8 Å². The second kappa shape index (κ2) is 3.42. The smallest absolute Gasteiger partial charge is 0.189 e. The Kier molecular flexibility index (Phi) is 2.11. The topological polar surface area (TPSA) is 92.0 Å². The Morgan fingerprint density at radius 1 is 1.77 bits per heavy atom. The molecule has 0 aromatic carbocycles. The second-order valence-corrected chi connectivity index (χ2v) is 3.05. The van der Waals surface area contributed by atoms with Gasteiger partial charge in [-0.1, -0.05) is 0 Å². The van der Waals surface area contributed by atoms with Crippen molar-refractivity contribution in [3.63, 3.8) is 0 Å². The Hall–Kier alpha value is -1.59. The van der Waals surface area contributed by atoms with Crippen LogP contribution in [0.3, 0.4) is 0 Å². The number of nitrogens with two attached hydrogens (primary N) is 1. The molecule has 6 nitrogen and oxygen atoms in total. The van der Waals surface area contributed by atoms with E-state index in [1.807, 2.05) is 0 Å². The van der Waals surface area contributed by atoms with Crippen LogP contribution in [-0.2, 0) is 6.54 Å². The van der Waals surface area contributed by atoms with E-state index in [-0.39, 0.29) is 0 Å². The molecule has 0 unspecified atom stereocenters. The summed E-state index contributed by atoms with van der Waals surface area (Å²) in [5.74, 6) is 1.21. The van der Waals surface area contributed by atoms with Crippen molar-refractivity contribution in [3.8, 4) is 0 Å². The number of hydrogen-bond acceptors (Lipinski definition) is 3. The van der Waals surface area contributed by atoms with Crippen LogP contribution in [0.1, 0.15) is 18.7 Å². The van der Waals surface area contributed by atoms with Crippen LogP contribution in [0.5, 0.6) is 0 Å². The van der Waals surface area contributed by atoms with Gasteiger partial charge in [0.15, 0.2) is 5.96 Å². The average molecular weight is 180 g/mol. The van der Waals surface area contributed by atoms with Gasteiger partial charge in [0.2, 0.25) is 0 Å². The Morgan fingerprint density at radius 3 is 3.23 bits per heavy atom. The van der Waals surface area contributed by atoms with Gasteiger partial charge in [0.1, 0.15) is 18.7 Å². The highest BCUT2D eigenvalue weighted by Gasteiger charge is 2.21. The van der Waals surface area contributed by atoms with E-state index in [4.69, 9.17) is 5.73 Å². The summed E-state index contributed by atoms with van der Waals surface area (Å²) in [6.07, 6.45) is 3.84. The van der Waals surface area contributed by atoms with Gasteiger partial charge in [0, 0.05) is 6.04 Å². The van der Waals surface area contributed by atoms with Crippen molar-refractivity contribution in [2.45, 2.75) is 25.4 Å². The number of guanidine groups is 1. The molecule has 0 aliphatic heterocycles. The minimum absolute atomic E-state index is 0.450. The molecule has 1 fully saturated rings. The van der Waals surface area contributed by atoms with E-state index in [0.717, 1.165) is 5.82 Å². The monoisotopic (exact) mass is 180 g/mol. The van der Waals surface area contributed by atoms with Crippen LogP contribution in [0, 0.1) is 0 Å². The van der Waals surface area contributed by atoms with Gasteiger partial charge in [-0.2, -0.15) is 5.10 Å². The summed E-state index contributed by atoms with van der Waals surface area (Å²) in [5.41, 5.74) is 5.61. The predicted molar refractivity (Wildman–Crippen MR) is 47.9 cm³/mol. The molecule has 1 aliphatic carbocycles. The molecule has 0 amide bonds. The molecule has 1 saturated carbocycles. The van der Waals surface area contributed by atoms with Gasteiger partial charge in [0.25, 0.3) is 0 Å². The number of nitrogens with zero attached hydrogens (tertiary/aromatic N) is 3. The van der Waals surface area contributed by atoms with E-state index in [0.29, 0.717) is 18.5 Å². The van der Waals surface area contributed by atoms with Gasteiger partial charge in [-0.3, -0.25) is 5.10 Å². The summed E-state index contributed by atoms with van der Waals surface area (Å²) in [7, 11) is 0. The lowest BCUT2D eigenvalue weighted by Crippen LogP contribution is -2.33. The number of hydrogen-bond donors (Lipinski definition) is 3. The molecule has 1 aromatic heterocycles. The number of nitrogens with one attached hydrogen (secondary N) is 2. The van der Waals surface area contributed by atoms with Crippen LogP contribution in [0.4, 0.5) is 0 Å². The quantitative estimate of drug-likeness (QED) is 0.426. The highest BCUT2D eigenvalue weighted by Crippen LogP contribution is 2.17. The van der Waals surface area contributed by atoms with E-state index in [1.165, 1.54) is 19.2 Å². The summed E-state index contributed by atoms with van der Waals surface area (Å²) in [6, 6.07) is 0.540. The standard InChI is InChI=1S/C7H12N6/c8-7(12-5-1-2-5)9-3-6-10-4-11-13-6/h4-5H,1-3H2,(H3,8,9,12)(H,10,11,13). The van der Waals surface area contributed by atoms with Crippen molar-refractivity contribution >= 4 is 5.96 Å². The maximum absolute atomic E-state index is 5.61. The zero-order chi connectivity index (χ0) is 9.10. The van der Waals surface area contributed by atoms with E-state index < -0.39 is 0 Å². The summed E-state index contributed by atoms with van der Waals surface area (Å²) in [6.45, 7) is 0.450. The molecule has 6 heteroatoms. The van der Waals surface area contributed by atoms with Crippen LogP contribution < -0.4 is 11.1 Å². The fourth-order valence-electron chi connectivity index (χ4n) is 0.949. The lowest BCUT2D eigenvalue weighted by Gasteiger charge is -2.01. The highest BCUT2D eigenvalue weighted by molar-refractivity contribution is 5.78. The molecule has 0 spiro atoms. The molecule has 0 bridgehead atoms. The van der Waals surface area contributed by atoms with Crippen LogP contribution >= 0.6 is 0 Å². The van der Waals surface area contributed by atoms with Gasteiger partial charge >= 0.3 is 0 Å². The van der Waals surface area contributed by atoms with Gasteiger partial charge in [-0.15, -0.1) is 0 Å². The Morgan fingerprint density at radius 2 is 2.62 bits per heavy atom. The van der Waals surface area contributed by atoms with Crippen LogP contribution in [0.15, 0.2) is 11.3 Å². The van der Waals surface area contributed by atoms with Crippen molar-refractivity contribution in [1.29, 1.82) is 0 Å². The maximum Gasteiger partial charge on any atom is 0.189 e. The van der Waals surface area contributed by atoms with E-state index in [1.54, 1.807) is 0 Å². The summed E-state index contributed by atoms with van der Waals surface area (Å²) in [5, 5.41) is 9.50. The summed E-state index contributed by atoms with van der Waals surface area (Å²) < 4.78 is 0. The molecule has 2 rings (SSSR count). The number of aromatic nitrogens is 3. The molecular formula is C7H12N6. The fraction of sp³-hybridized carbons (Fsp3) is 0.571. The Bertz CT molecular complexity index is 286. The lowest BCUT2D eigenvalue weighted by molar-refractivity contribution is 0.857. The fourth-order valence-corrected chi connectivity index (χ4v) is 0.949. The first-order valence-corrected chi connectivity index (χ1v) is 4.25. The normalized spacial score (nSPS) is 17.4. The number of rotatable bonds is 3. The third kappa shape index (κ3) is 2.43. The van der Waals surface area contributed by atoms with Crippen molar-refractivity contribution in [2.75, 3.05) is 0 Å². The zero-order valence-electron chi connectivity index (χ0n) is 7.20. The molecule has 0 atom stereocenters. The molecule has 4 N–H and O–H groups in total. The lowest BCUT2D eigenvalue weighted by atomic mass is 10.6. The second-order valence-electron chi connectivity index (χ2n) is 3.05. The SMILES string of the molecule is NC(=NCc1ncn[nH]1)NC1CC1. The van der Waals surface area contributed by atoms with Gasteiger partial charge in [0.05, 0.1) is 0 Å². The van der Waals surface area contributed by atoms with E-state index in [2.05, 4.69) is 25.5 Å². The largest absolute Gasteiger partial charge is 0.370 e. The van der Waals surface area contributed by atoms with Crippen molar-refractivity contribution in [2.24, 2.45) is 10.7 Å². The first-order valence-electron chi connectivity index (χ1n) is 4.25. The molecule has 0 radical (unpaired) electrons. The minimum atomic E-state index is 0.450. The van der Waals surface area contributed by atoms with Crippen LogP contribution in [-0.4, -0.2) is 27.2 Å². The molecule has 13 heavy (non-hydrogen) atoms. The third-order valence-corrected chi connectivity index (χ3v) is 1.79. The molecule has 70 valence electrons. The molecule has 1 aliphatic rings. The molecular weight excluding hydrogens is 168 g/mol. The predicted octanol–water partition coefficient (Wildman–Crippen LogP) is -0.629. The molecule has 0 saturated heterocycles. The number of H-pyrrole nitrogens is 1. The third-order valence-electron chi connectivity index (χ3n) is 1.79. The molecule has 1 aromatic rings. The van der Waals surface area contributed by atoms with Crippen LogP contribution in [0.25, 0.3) is 0 Å². The van der Waals surface area contributed by atoms with Crippen molar-refractivity contribution in [3.05, 3.63) is 12.2 Å². The van der Waals surface area contributed by atoms with Gasteiger partial charge in [-0.25, -0.2) is 9.98 Å². The average Bonchev–Trinajstić information content (AvgIpc) is 2.78. The number of aliphatic imine (C=N–C) groups is 1. The number of aromatic amines is 1. The molecule has 1 heterocycles. The van der Waals surface area contributed by atoms with Crippen LogP contribution in [0.2, 0.25) is 0 Å². The Labute approximate surface area is 75.7 Å². The van der Waals surface area contributed by atoms with Gasteiger partial charge < -0.3 is 11.1 Å². The van der Waals surface area contributed by atoms with E-state index in [9.17, 15) is 0 Å². The summed E-state index contributed by atoms with van der Waals surface area (Å²) in [4.78, 5) is 8.02. The Balaban J connectivity index is 1.81. The first-order chi connectivity index (χ1) is 6.34. The van der Waals surface area contributed by atoms with Crippen molar-refractivity contribution < 1.29 is 0 Å². The highest BCUT2D eigenvalue weighted by atomic mass is 15.2. The van der Waals surface area contributed by atoms with Crippen molar-refractivity contribution in [1.82, 2.24) is 20.5 Å². The zero-order valence-corrected chi connectivity index (χ0v) is 7.20.